The number of anilines is 1. The van der Waals surface area contributed by atoms with Crippen LogP contribution in [0.15, 0.2) is 45.9 Å². The van der Waals surface area contributed by atoms with Gasteiger partial charge in [-0.1, -0.05) is 39.0 Å². The molecule has 1 aliphatic rings. The molecule has 1 fully saturated rings. The lowest BCUT2D eigenvalue weighted by Crippen LogP contribution is -2.44. The number of benzene rings is 1. The van der Waals surface area contributed by atoms with Crippen LogP contribution in [0.1, 0.15) is 38.8 Å². The Morgan fingerprint density at radius 2 is 2.04 bits per heavy atom. The van der Waals surface area contributed by atoms with Gasteiger partial charge >= 0.3 is 0 Å². The molecular weight excluding hydrogens is 453 g/mol. The van der Waals surface area contributed by atoms with Crippen molar-refractivity contribution in [3.05, 3.63) is 48.2 Å². The topological polar surface area (TPSA) is 65.7 Å². The van der Waals surface area contributed by atoms with Crippen molar-refractivity contribution in [2.45, 2.75) is 45.2 Å². The van der Waals surface area contributed by atoms with E-state index in [2.05, 4.69) is 76.6 Å². The van der Waals surface area contributed by atoms with Crippen molar-refractivity contribution in [2.24, 2.45) is 4.99 Å². The van der Waals surface area contributed by atoms with Gasteiger partial charge in [-0.05, 0) is 18.6 Å². The SMILES string of the molecule is CN=C(NCc1ncc(C(C)(C)C)o1)NC1CCN(c2ccccc2)C1.I. The van der Waals surface area contributed by atoms with Gasteiger partial charge < -0.3 is 20.0 Å². The average Bonchev–Trinajstić information content (AvgIpc) is 3.28. The molecule has 0 radical (unpaired) electrons. The molecule has 0 aliphatic carbocycles. The fourth-order valence-electron chi connectivity index (χ4n) is 3.04. The number of hydrogen-bond acceptors (Lipinski definition) is 4. The second-order valence-electron chi connectivity index (χ2n) is 7.71. The van der Waals surface area contributed by atoms with Crippen molar-refractivity contribution >= 4 is 35.6 Å². The van der Waals surface area contributed by atoms with Crippen LogP contribution in [0, 0.1) is 0 Å². The summed E-state index contributed by atoms with van der Waals surface area (Å²) in [6.07, 6.45) is 2.89. The second kappa shape index (κ2) is 9.43. The van der Waals surface area contributed by atoms with Gasteiger partial charge in [-0.25, -0.2) is 4.98 Å². The molecule has 7 heteroatoms. The van der Waals surface area contributed by atoms with Crippen molar-refractivity contribution in [1.29, 1.82) is 0 Å². The Morgan fingerprint density at radius 3 is 2.67 bits per heavy atom. The molecule has 1 unspecified atom stereocenters. The molecule has 0 amide bonds. The van der Waals surface area contributed by atoms with Crippen LogP contribution in [0.5, 0.6) is 0 Å². The first-order chi connectivity index (χ1) is 12.5. The Balaban J connectivity index is 0.00000261. The zero-order valence-electron chi connectivity index (χ0n) is 16.5. The third-order valence-electron chi connectivity index (χ3n) is 4.57. The third-order valence-corrected chi connectivity index (χ3v) is 4.57. The molecule has 1 aromatic heterocycles. The van der Waals surface area contributed by atoms with E-state index in [4.69, 9.17) is 4.42 Å². The number of nitrogens with one attached hydrogen (secondary N) is 2. The predicted octanol–water partition coefficient (Wildman–Crippen LogP) is 3.53. The Kier molecular flexibility index (Phi) is 7.52. The first-order valence-corrected chi connectivity index (χ1v) is 9.18. The molecule has 1 saturated heterocycles. The van der Waals surface area contributed by atoms with E-state index in [1.165, 1.54) is 5.69 Å². The zero-order valence-corrected chi connectivity index (χ0v) is 18.9. The lowest BCUT2D eigenvalue weighted by Gasteiger charge is -2.20. The number of aromatic nitrogens is 1. The molecule has 0 saturated carbocycles. The van der Waals surface area contributed by atoms with Crippen molar-refractivity contribution < 1.29 is 4.42 Å². The normalized spacial score (nSPS) is 17.6. The van der Waals surface area contributed by atoms with E-state index < -0.39 is 0 Å². The summed E-state index contributed by atoms with van der Waals surface area (Å²) in [4.78, 5) is 11.1. The summed E-state index contributed by atoms with van der Waals surface area (Å²) in [6.45, 7) is 8.88. The van der Waals surface area contributed by atoms with Crippen molar-refractivity contribution in [2.75, 3.05) is 25.0 Å². The van der Waals surface area contributed by atoms with Gasteiger partial charge in [-0.2, -0.15) is 0 Å². The van der Waals surface area contributed by atoms with E-state index in [-0.39, 0.29) is 29.4 Å². The lowest BCUT2D eigenvalue weighted by molar-refractivity contribution is 0.379. The summed E-state index contributed by atoms with van der Waals surface area (Å²) >= 11 is 0. The maximum Gasteiger partial charge on any atom is 0.213 e. The number of guanidine groups is 1. The number of aliphatic imine (C=N–C) groups is 1. The van der Waals surface area contributed by atoms with Gasteiger partial charge in [0.1, 0.15) is 5.76 Å². The highest BCUT2D eigenvalue weighted by molar-refractivity contribution is 14.0. The number of para-hydroxylation sites is 1. The van der Waals surface area contributed by atoms with E-state index in [1.54, 1.807) is 7.05 Å². The summed E-state index contributed by atoms with van der Waals surface area (Å²) in [5.74, 6) is 2.35. The van der Waals surface area contributed by atoms with Crippen LogP contribution in [0.2, 0.25) is 0 Å². The largest absolute Gasteiger partial charge is 0.443 e. The molecule has 2 heterocycles. The first kappa shape index (κ1) is 21.5. The van der Waals surface area contributed by atoms with Crippen molar-refractivity contribution in [3.8, 4) is 0 Å². The number of hydrogen-bond donors (Lipinski definition) is 2. The Hall–Kier alpha value is -1.77. The van der Waals surface area contributed by atoms with Gasteiger partial charge in [0.2, 0.25) is 5.89 Å². The standard InChI is InChI=1S/C20H29N5O.HI/c1-20(2,3)17-12-22-18(26-17)13-23-19(21-4)24-15-10-11-25(14-15)16-8-6-5-7-9-16;/h5-9,12,15H,10-11,13-14H2,1-4H3,(H2,21,23,24);1H. The Labute approximate surface area is 178 Å². The first-order valence-electron chi connectivity index (χ1n) is 9.18. The third kappa shape index (κ3) is 5.85. The number of rotatable bonds is 4. The van der Waals surface area contributed by atoms with Crippen LogP contribution in [0.25, 0.3) is 0 Å². The molecule has 27 heavy (non-hydrogen) atoms. The highest BCUT2D eigenvalue weighted by atomic mass is 127. The van der Waals surface area contributed by atoms with Crippen LogP contribution in [0.3, 0.4) is 0 Å². The number of nitrogens with zero attached hydrogens (tertiary/aromatic N) is 3. The summed E-state index contributed by atoms with van der Waals surface area (Å²) in [5.41, 5.74) is 1.24. The summed E-state index contributed by atoms with van der Waals surface area (Å²) in [6, 6.07) is 10.9. The second-order valence-corrected chi connectivity index (χ2v) is 7.71. The maximum absolute atomic E-state index is 5.82. The molecule has 148 valence electrons. The molecule has 1 atom stereocenters. The molecule has 1 aromatic carbocycles. The van der Waals surface area contributed by atoms with Crippen LogP contribution >= 0.6 is 24.0 Å². The van der Waals surface area contributed by atoms with Gasteiger partial charge in [-0.15, -0.1) is 24.0 Å². The molecule has 1 aliphatic heterocycles. The maximum atomic E-state index is 5.82. The van der Waals surface area contributed by atoms with Crippen LogP contribution in [-0.2, 0) is 12.0 Å². The molecule has 2 aromatic rings. The van der Waals surface area contributed by atoms with E-state index in [0.717, 1.165) is 31.2 Å². The summed E-state index contributed by atoms with van der Waals surface area (Å²) < 4.78 is 5.82. The minimum Gasteiger partial charge on any atom is -0.443 e. The number of halogens is 1. The molecule has 0 spiro atoms. The highest BCUT2D eigenvalue weighted by Gasteiger charge is 2.23. The van der Waals surface area contributed by atoms with E-state index >= 15 is 0 Å². The van der Waals surface area contributed by atoms with E-state index in [1.807, 2.05) is 6.20 Å². The Bertz CT molecular complexity index is 738. The van der Waals surface area contributed by atoms with Crippen molar-refractivity contribution in [3.63, 3.8) is 0 Å². The minimum atomic E-state index is -0.0318. The van der Waals surface area contributed by atoms with Gasteiger partial charge in [0.05, 0.1) is 12.7 Å². The summed E-state index contributed by atoms with van der Waals surface area (Å²) in [7, 11) is 1.79. The highest BCUT2D eigenvalue weighted by Crippen LogP contribution is 2.22. The van der Waals surface area contributed by atoms with Gasteiger partial charge in [-0.3, -0.25) is 4.99 Å². The van der Waals surface area contributed by atoms with Gasteiger partial charge in [0.25, 0.3) is 0 Å². The molecule has 6 nitrogen and oxygen atoms in total. The van der Waals surface area contributed by atoms with Gasteiger partial charge in [0.15, 0.2) is 5.96 Å². The Morgan fingerprint density at radius 1 is 1.30 bits per heavy atom. The van der Waals surface area contributed by atoms with Gasteiger partial charge in [0, 0.05) is 37.3 Å². The van der Waals surface area contributed by atoms with E-state index in [0.29, 0.717) is 18.5 Å². The van der Waals surface area contributed by atoms with E-state index in [9.17, 15) is 0 Å². The lowest BCUT2D eigenvalue weighted by atomic mass is 9.94. The fourth-order valence-corrected chi connectivity index (χ4v) is 3.04. The summed E-state index contributed by atoms with van der Waals surface area (Å²) in [5, 5.41) is 6.80. The molecule has 2 N–H and O–H groups in total. The van der Waals surface area contributed by atoms with Crippen LogP contribution < -0.4 is 15.5 Å². The van der Waals surface area contributed by atoms with Crippen LogP contribution in [-0.4, -0.2) is 37.1 Å². The predicted molar refractivity (Wildman–Crippen MR) is 121 cm³/mol. The quantitative estimate of drug-likeness (QED) is 0.396. The molecule has 3 rings (SSSR count). The zero-order chi connectivity index (χ0) is 18.6. The number of oxazole rings is 1. The molecule has 0 bridgehead atoms. The van der Waals surface area contributed by atoms with Crippen molar-refractivity contribution in [1.82, 2.24) is 15.6 Å². The average molecular weight is 483 g/mol. The smallest absolute Gasteiger partial charge is 0.213 e. The van der Waals surface area contributed by atoms with Crippen LogP contribution in [0.4, 0.5) is 5.69 Å². The minimum absolute atomic E-state index is 0. The fraction of sp³-hybridized carbons (Fsp3) is 0.500. The monoisotopic (exact) mass is 483 g/mol. The molecular formula is C20H30IN5O.